The molecule has 2 unspecified atom stereocenters. The van der Waals surface area contributed by atoms with Gasteiger partial charge in [0.2, 0.25) is 0 Å². The number of pyridine rings is 1. The standard InChI is InChI=1S/C12H18N2O/c1-15-12-7-4-6-11(12)14-9-10-5-2-3-8-13-10/h2-3,5,8,11-12,14H,4,6-7,9H2,1H3. The molecular weight excluding hydrogens is 188 g/mol. The number of ether oxygens (including phenoxy) is 1. The topological polar surface area (TPSA) is 34.1 Å². The maximum absolute atomic E-state index is 5.43. The Morgan fingerprint density at radius 3 is 3.13 bits per heavy atom. The van der Waals surface area contributed by atoms with Crippen molar-refractivity contribution >= 4 is 0 Å². The van der Waals surface area contributed by atoms with Crippen molar-refractivity contribution in [1.29, 1.82) is 0 Å². The molecule has 3 heteroatoms. The second-order valence-electron chi connectivity index (χ2n) is 4.01. The SMILES string of the molecule is COC1CCCC1NCc1ccccn1. The van der Waals surface area contributed by atoms with Crippen LogP contribution in [0.1, 0.15) is 25.0 Å². The van der Waals surface area contributed by atoms with Crippen molar-refractivity contribution in [2.45, 2.75) is 38.0 Å². The second-order valence-corrected chi connectivity index (χ2v) is 4.01. The molecule has 82 valence electrons. The van der Waals surface area contributed by atoms with E-state index in [0.29, 0.717) is 12.1 Å². The molecule has 0 saturated heterocycles. The monoisotopic (exact) mass is 206 g/mol. The summed E-state index contributed by atoms with van der Waals surface area (Å²) in [6.45, 7) is 0.839. The van der Waals surface area contributed by atoms with E-state index in [-0.39, 0.29) is 0 Å². The van der Waals surface area contributed by atoms with Crippen LogP contribution in [0.3, 0.4) is 0 Å². The van der Waals surface area contributed by atoms with Crippen molar-refractivity contribution in [2.24, 2.45) is 0 Å². The molecule has 0 aliphatic heterocycles. The Bertz CT molecular complexity index is 289. The molecule has 0 amide bonds. The summed E-state index contributed by atoms with van der Waals surface area (Å²) in [5.41, 5.74) is 1.10. The fourth-order valence-corrected chi connectivity index (χ4v) is 2.18. The minimum atomic E-state index is 0.383. The first-order valence-electron chi connectivity index (χ1n) is 5.56. The Hall–Kier alpha value is -0.930. The van der Waals surface area contributed by atoms with Gasteiger partial charge in [-0.1, -0.05) is 6.07 Å². The van der Waals surface area contributed by atoms with Crippen LogP contribution in [-0.2, 0) is 11.3 Å². The van der Waals surface area contributed by atoms with Crippen LogP contribution in [-0.4, -0.2) is 24.2 Å². The number of hydrogen-bond acceptors (Lipinski definition) is 3. The smallest absolute Gasteiger partial charge is 0.0724 e. The molecule has 1 aliphatic rings. The third-order valence-electron chi connectivity index (χ3n) is 3.03. The molecule has 0 bridgehead atoms. The van der Waals surface area contributed by atoms with Gasteiger partial charge in [0.25, 0.3) is 0 Å². The van der Waals surface area contributed by atoms with Crippen LogP contribution in [0.2, 0.25) is 0 Å². The third kappa shape index (κ3) is 2.76. The largest absolute Gasteiger partial charge is 0.380 e. The molecule has 2 rings (SSSR count). The average molecular weight is 206 g/mol. The molecule has 1 aliphatic carbocycles. The molecule has 1 heterocycles. The average Bonchev–Trinajstić information content (AvgIpc) is 2.75. The van der Waals surface area contributed by atoms with Gasteiger partial charge in [-0.15, -0.1) is 0 Å². The number of nitrogens with one attached hydrogen (secondary N) is 1. The molecule has 2 atom stereocenters. The first kappa shape index (κ1) is 10.6. The van der Waals surface area contributed by atoms with Crippen molar-refractivity contribution in [3.63, 3.8) is 0 Å². The molecule has 1 aromatic heterocycles. The minimum Gasteiger partial charge on any atom is -0.380 e. The number of nitrogens with zero attached hydrogens (tertiary/aromatic N) is 1. The number of methoxy groups -OCH3 is 1. The molecule has 0 spiro atoms. The zero-order valence-electron chi connectivity index (χ0n) is 9.15. The Labute approximate surface area is 90.9 Å². The van der Waals surface area contributed by atoms with E-state index < -0.39 is 0 Å². The lowest BCUT2D eigenvalue weighted by molar-refractivity contribution is 0.0846. The molecular formula is C12H18N2O. The fraction of sp³-hybridized carbons (Fsp3) is 0.583. The predicted molar refractivity (Wildman–Crippen MR) is 59.5 cm³/mol. The van der Waals surface area contributed by atoms with E-state index in [4.69, 9.17) is 4.74 Å². The quantitative estimate of drug-likeness (QED) is 0.814. The highest BCUT2D eigenvalue weighted by atomic mass is 16.5. The van der Waals surface area contributed by atoms with Gasteiger partial charge in [-0.25, -0.2) is 0 Å². The summed E-state index contributed by atoms with van der Waals surface area (Å²) >= 11 is 0. The summed E-state index contributed by atoms with van der Waals surface area (Å²) in [5, 5.41) is 3.51. The Morgan fingerprint density at radius 2 is 2.40 bits per heavy atom. The maximum atomic E-state index is 5.43. The lowest BCUT2D eigenvalue weighted by Gasteiger charge is -2.19. The highest BCUT2D eigenvalue weighted by Crippen LogP contribution is 2.21. The third-order valence-corrected chi connectivity index (χ3v) is 3.03. The zero-order valence-corrected chi connectivity index (χ0v) is 9.15. The van der Waals surface area contributed by atoms with Crippen molar-refractivity contribution < 1.29 is 4.74 Å². The Morgan fingerprint density at radius 1 is 1.47 bits per heavy atom. The highest BCUT2D eigenvalue weighted by molar-refractivity contribution is 5.03. The number of rotatable bonds is 4. The Balaban J connectivity index is 1.83. The maximum Gasteiger partial charge on any atom is 0.0724 e. The molecule has 3 nitrogen and oxygen atoms in total. The van der Waals surface area contributed by atoms with Crippen LogP contribution in [0.5, 0.6) is 0 Å². The van der Waals surface area contributed by atoms with E-state index in [1.165, 1.54) is 19.3 Å². The van der Waals surface area contributed by atoms with Crippen LogP contribution in [0, 0.1) is 0 Å². The van der Waals surface area contributed by atoms with Crippen LogP contribution >= 0.6 is 0 Å². The molecule has 1 saturated carbocycles. The molecule has 1 aromatic rings. The zero-order chi connectivity index (χ0) is 10.5. The summed E-state index contributed by atoms with van der Waals surface area (Å²) < 4.78 is 5.43. The van der Waals surface area contributed by atoms with E-state index in [2.05, 4.69) is 10.3 Å². The lowest BCUT2D eigenvalue weighted by Crippen LogP contribution is -2.36. The van der Waals surface area contributed by atoms with Crippen LogP contribution in [0.15, 0.2) is 24.4 Å². The minimum absolute atomic E-state index is 0.383. The molecule has 0 radical (unpaired) electrons. The van der Waals surface area contributed by atoms with Crippen LogP contribution < -0.4 is 5.32 Å². The predicted octanol–water partition coefficient (Wildman–Crippen LogP) is 1.74. The molecule has 15 heavy (non-hydrogen) atoms. The summed E-state index contributed by atoms with van der Waals surface area (Å²) in [7, 11) is 1.80. The molecule has 1 fully saturated rings. The first-order chi connectivity index (χ1) is 7.40. The molecule has 0 aromatic carbocycles. The first-order valence-corrected chi connectivity index (χ1v) is 5.56. The van der Waals surface area contributed by atoms with Gasteiger partial charge in [0.15, 0.2) is 0 Å². The van der Waals surface area contributed by atoms with Crippen LogP contribution in [0.25, 0.3) is 0 Å². The van der Waals surface area contributed by atoms with E-state index in [1.807, 2.05) is 24.4 Å². The summed E-state index contributed by atoms with van der Waals surface area (Å²) in [6, 6.07) is 6.50. The van der Waals surface area contributed by atoms with Gasteiger partial charge in [0.05, 0.1) is 11.8 Å². The fourth-order valence-electron chi connectivity index (χ4n) is 2.18. The number of aromatic nitrogens is 1. The van der Waals surface area contributed by atoms with Gasteiger partial charge in [0.1, 0.15) is 0 Å². The number of hydrogen-bond donors (Lipinski definition) is 1. The van der Waals surface area contributed by atoms with Gasteiger partial charge >= 0.3 is 0 Å². The van der Waals surface area contributed by atoms with E-state index >= 15 is 0 Å². The van der Waals surface area contributed by atoms with Crippen molar-refractivity contribution in [3.8, 4) is 0 Å². The summed E-state index contributed by atoms with van der Waals surface area (Å²) in [5.74, 6) is 0. The van der Waals surface area contributed by atoms with Crippen molar-refractivity contribution in [1.82, 2.24) is 10.3 Å². The summed E-state index contributed by atoms with van der Waals surface area (Å²) in [4.78, 5) is 4.29. The molecule has 1 N–H and O–H groups in total. The normalized spacial score (nSPS) is 25.7. The highest BCUT2D eigenvalue weighted by Gasteiger charge is 2.26. The van der Waals surface area contributed by atoms with Crippen LogP contribution in [0.4, 0.5) is 0 Å². The lowest BCUT2D eigenvalue weighted by atomic mass is 10.2. The van der Waals surface area contributed by atoms with Gasteiger partial charge in [-0.3, -0.25) is 4.98 Å². The van der Waals surface area contributed by atoms with E-state index in [1.54, 1.807) is 7.11 Å². The van der Waals surface area contributed by atoms with Crippen molar-refractivity contribution in [3.05, 3.63) is 30.1 Å². The van der Waals surface area contributed by atoms with Gasteiger partial charge in [-0.2, -0.15) is 0 Å². The summed E-state index contributed by atoms with van der Waals surface area (Å²) in [6.07, 6.45) is 5.87. The van der Waals surface area contributed by atoms with E-state index in [0.717, 1.165) is 12.2 Å². The van der Waals surface area contributed by atoms with Gasteiger partial charge in [0, 0.05) is 25.9 Å². The van der Waals surface area contributed by atoms with Gasteiger partial charge in [-0.05, 0) is 31.4 Å². The van der Waals surface area contributed by atoms with Crippen molar-refractivity contribution in [2.75, 3.05) is 7.11 Å². The second kappa shape index (κ2) is 5.24. The van der Waals surface area contributed by atoms with E-state index in [9.17, 15) is 0 Å². The Kier molecular flexibility index (Phi) is 3.69. The van der Waals surface area contributed by atoms with Gasteiger partial charge < -0.3 is 10.1 Å².